The van der Waals surface area contributed by atoms with Gasteiger partial charge in [0.1, 0.15) is 10.5 Å². The summed E-state index contributed by atoms with van der Waals surface area (Å²) in [4.78, 5) is 25.4. The highest BCUT2D eigenvalue weighted by Crippen LogP contribution is 2.35. The molecule has 96 valence electrons. The summed E-state index contributed by atoms with van der Waals surface area (Å²) in [5.74, 6) is -0.142. The van der Waals surface area contributed by atoms with Gasteiger partial charge < -0.3 is 5.32 Å². The van der Waals surface area contributed by atoms with Crippen molar-refractivity contribution >= 4 is 34.9 Å². The van der Waals surface area contributed by atoms with Gasteiger partial charge >= 0.3 is 6.03 Å². The maximum Gasteiger partial charge on any atom is 0.325 e. The van der Waals surface area contributed by atoms with Gasteiger partial charge in [0.2, 0.25) is 4.47 Å². The van der Waals surface area contributed by atoms with Gasteiger partial charge in [0, 0.05) is 0 Å². The maximum absolute atomic E-state index is 12.3. The predicted octanol–water partition coefficient (Wildman–Crippen LogP) is 1.56. The van der Waals surface area contributed by atoms with Gasteiger partial charge in [-0.15, -0.1) is 10.2 Å². The first-order valence-corrected chi connectivity index (χ1v) is 6.92. The van der Waals surface area contributed by atoms with Crippen molar-refractivity contribution in [2.45, 2.75) is 37.8 Å². The third kappa shape index (κ3) is 1.78. The summed E-state index contributed by atoms with van der Waals surface area (Å²) in [7, 11) is 0. The van der Waals surface area contributed by atoms with Gasteiger partial charge in [-0.2, -0.15) is 0 Å². The lowest BCUT2D eigenvalue weighted by atomic mass is 9.98. The Hall–Kier alpha value is -1.21. The van der Waals surface area contributed by atoms with Crippen molar-refractivity contribution in [3.05, 3.63) is 9.47 Å². The molecule has 0 radical (unpaired) electrons. The Labute approximate surface area is 112 Å². The first-order chi connectivity index (χ1) is 8.61. The normalized spacial score (nSPS) is 21.9. The van der Waals surface area contributed by atoms with Gasteiger partial charge in [-0.3, -0.25) is 9.69 Å². The average molecular weight is 287 g/mol. The molecule has 1 aliphatic heterocycles. The standard InChI is InChI=1S/C10H11ClN4O2S/c11-8-14-13-6(18-8)5-15-7(16)10(12-9(15)17)3-1-2-4-10/h1-5H2,(H,12,17). The molecule has 6 nitrogen and oxygen atoms in total. The van der Waals surface area contributed by atoms with E-state index in [0.717, 1.165) is 25.7 Å². The number of halogens is 1. The third-order valence-electron chi connectivity index (χ3n) is 3.44. The van der Waals surface area contributed by atoms with E-state index in [4.69, 9.17) is 11.6 Å². The summed E-state index contributed by atoms with van der Waals surface area (Å²) in [6.07, 6.45) is 3.41. The van der Waals surface area contributed by atoms with Gasteiger partial charge in [0.15, 0.2) is 0 Å². The summed E-state index contributed by atoms with van der Waals surface area (Å²) in [6, 6.07) is -0.340. The molecule has 0 atom stereocenters. The molecule has 0 bridgehead atoms. The highest BCUT2D eigenvalue weighted by Gasteiger charge is 2.52. The van der Waals surface area contributed by atoms with E-state index in [0.29, 0.717) is 9.47 Å². The molecule has 1 N–H and O–H groups in total. The number of carbonyl (C=O) groups excluding carboxylic acids is 2. The Balaban J connectivity index is 1.80. The lowest BCUT2D eigenvalue weighted by Crippen LogP contribution is -2.44. The van der Waals surface area contributed by atoms with Crippen LogP contribution in [0, 0.1) is 0 Å². The third-order valence-corrected chi connectivity index (χ3v) is 4.44. The summed E-state index contributed by atoms with van der Waals surface area (Å²) < 4.78 is 0.313. The van der Waals surface area contributed by atoms with Crippen LogP contribution in [0.5, 0.6) is 0 Å². The van der Waals surface area contributed by atoms with Crippen molar-refractivity contribution in [2.24, 2.45) is 0 Å². The number of aromatic nitrogens is 2. The molecule has 2 heterocycles. The second kappa shape index (κ2) is 4.17. The fraction of sp³-hybridized carbons (Fsp3) is 0.600. The van der Waals surface area contributed by atoms with Crippen LogP contribution in [0.2, 0.25) is 4.47 Å². The van der Waals surface area contributed by atoms with Crippen molar-refractivity contribution in [3.8, 4) is 0 Å². The first kappa shape index (κ1) is 11.9. The van der Waals surface area contributed by atoms with Gasteiger partial charge in [0.25, 0.3) is 5.91 Å². The molecule has 1 aromatic heterocycles. The highest BCUT2D eigenvalue weighted by atomic mass is 35.5. The molecule has 1 saturated heterocycles. The lowest BCUT2D eigenvalue weighted by molar-refractivity contribution is -0.131. The molecule has 3 amide bonds. The SMILES string of the molecule is O=C1NC2(CCCC2)C(=O)N1Cc1nnc(Cl)s1. The molecule has 0 aromatic carbocycles. The van der Waals surface area contributed by atoms with E-state index in [1.165, 1.54) is 16.2 Å². The smallest absolute Gasteiger partial charge is 0.323 e. The Morgan fingerprint density at radius 1 is 1.33 bits per heavy atom. The molecule has 1 spiro atoms. The van der Waals surface area contributed by atoms with E-state index >= 15 is 0 Å². The van der Waals surface area contributed by atoms with E-state index in [2.05, 4.69) is 15.5 Å². The van der Waals surface area contributed by atoms with Crippen LogP contribution < -0.4 is 5.32 Å². The van der Waals surface area contributed by atoms with Gasteiger partial charge in [0.05, 0.1) is 6.54 Å². The Morgan fingerprint density at radius 3 is 2.67 bits per heavy atom. The zero-order valence-electron chi connectivity index (χ0n) is 9.48. The molecular formula is C10H11ClN4O2S. The minimum absolute atomic E-state index is 0.142. The molecule has 18 heavy (non-hydrogen) atoms. The van der Waals surface area contributed by atoms with Crippen LogP contribution in [-0.4, -0.2) is 32.6 Å². The highest BCUT2D eigenvalue weighted by molar-refractivity contribution is 7.15. The van der Waals surface area contributed by atoms with Crippen molar-refractivity contribution in [1.82, 2.24) is 20.4 Å². The van der Waals surface area contributed by atoms with Crippen LogP contribution in [0.4, 0.5) is 4.79 Å². The topological polar surface area (TPSA) is 75.2 Å². The van der Waals surface area contributed by atoms with Crippen LogP contribution >= 0.6 is 22.9 Å². The van der Waals surface area contributed by atoms with Crippen molar-refractivity contribution in [1.29, 1.82) is 0 Å². The van der Waals surface area contributed by atoms with Crippen LogP contribution in [0.3, 0.4) is 0 Å². The quantitative estimate of drug-likeness (QED) is 0.837. The number of rotatable bonds is 2. The van der Waals surface area contributed by atoms with Gasteiger partial charge in [-0.05, 0) is 24.4 Å². The second-order valence-electron chi connectivity index (χ2n) is 4.56. The number of carbonyl (C=O) groups is 2. The molecular weight excluding hydrogens is 276 g/mol. The van der Waals surface area contributed by atoms with Crippen molar-refractivity contribution in [3.63, 3.8) is 0 Å². The zero-order chi connectivity index (χ0) is 12.8. The number of hydrogen-bond donors (Lipinski definition) is 1. The summed E-state index contributed by atoms with van der Waals surface area (Å²) in [5, 5.41) is 10.9. The summed E-state index contributed by atoms with van der Waals surface area (Å²) >= 11 is 6.86. The van der Waals surface area contributed by atoms with Gasteiger partial charge in [-0.1, -0.05) is 24.2 Å². The monoisotopic (exact) mass is 286 g/mol. The number of imide groups is 1. The number of amides is 3. The zero-order valence-corrected chi connectivity index (χ0v) is 11.1. The largest absolute Gasteiger partial charge is 0.325 e. The molecule has 0 unspecified atom stereocenters. The molecule has 1 aromatic rings. The molecule has 1 aliphatic carbocycles. The number of hydrogen-bond acceptors (Lipinski definition) is 5. The average Bonchev–Trinajstić information content (AvgIpc) is 2.99. The number of nitrogens with one attached hydrogen (secondary N) is 1. The minimum Gasteiger partial charge on any atom is -0.323 e. The number of urea groups is 1. The van der Waals surface area contributed by atoms with Crippen LogP contribution in [-0.2, 0) is 11.3 Å². The first-order valence-electron chi connectivity index (χ1n) is 5.73. The molecule has 1 saturated carbocycles. The van der Waals surface area contributed by atoms with Crippen molar-refractivity contribution in [2.75, 3.05) is 0 Å². The van der Waals surface area contributed by atoms with Crippen LogP contribution in [0.1, 0.15) is 30.7 Å². The minimum atomic E-state index is -0.661. The maximum atomic E-state index is 12.3. The lowest BCUT2D eigenvalue weighted by Gasteiger charge is -2.19. The van der Waals surface area contributed by atoms with E-state index in [9.17, 15) is 9.59 Å². The molecule has 2 fully saturated rings. The second-order valence-corrected chi connectivity index (χ2v) is 6.20. The molecule has 2 aliphatic rings. The molecule has 8 heteroatoms. The summed E-state index contributed by atoms with van der Waals surface area (Å²) in [5.41, 5.74) is -0.661. The Bertz CT molecular complexity index is 512. The van der Waals surface area contributed by atoms with Crippen LogP contribution in [0.15, 0.2) is 0 Å². The van der Waals surface area contributed by atoms with E-state index in [1.807, 2.05) is 0 Å². The van der Waals surface area contributed by atoms with E-state index in [-0.39, 0.29) is 18.5 Å². The predicted molar refractivity (Wildman–Crippen MR) is 65.2 cm³/mol. The van der Waals surface area contributed by atoms with E-state index < -0.39 is 5.54 Å². The van der Waals surface area contributed by atoms with Crippen molar-refractivity contribution < 1.29 is 9.59 Å². The molecule has 3 rings (SSSR count). The Kier molecular flexibility index (Phi) is 2.74. The van der Waals surface area contributed by atoms with Gasteiger partial charge in [-0.25, -0.2) is 4.79 Å². The fourth-order valence-corrected chi connectivity index (χ4v) is 3.43. The summed E-state index contributed by atoms with van der Waals surface area (Å²) in [6.45, 7) is 0.150. The van der Waals surface area contributed by atoms with E-state index in [1.54, 1.807) is 0 Å². The fourth-order valence-electron chi connectivity index (χ4n) is 2.57. The van der Waals surface area contributed by atoms with Crippen LogP contribution in [0.25, 0.3) is 0 Å². The number of nitrogens with zero attached hydrogens (tertiary/aromatic N) is 3. The Morgan fingerprint density at radius 2 is 2.06 bits per heavy atom.